The maximum atomic E-state index is 9.41. The summed E-state index contributed by atoms with van der Waals surface area (Å²) < 4.78 is 2.18. The van der Waals surface area contributed by atoms with Crippen LogP contribution in [0.15, 0.2) is 5.16 Å². The minimum Gasteiger partial charge on any atom is -0.391 e. The summed E-state index contributed by atoms with van der Waals surface area (Å²) in [4.78, 5) is 0. The van der Waals surface area contributed by atoms with Crippen LogP contribution < -0.4 is 0 Å². The van der Waals surface area contributed by atoms with Crippen LogP contribution in [-0.4, -0.2) is 37.6 Å². The molecule has 0 bridgehead atoms. The summed E-state index contributed by atoms with van der Waals surface area (Å²) >= 11 is 7.09. The SMILES string of the molecule is OC(CCl)CSc1nnc2n1CCCCC2. The third-order valence-electron chi connectivity index (χ3n) is 2.66. The summed E-state index contributed by atoms with van der Waals surface area (Å²) in [6.45, 7) is 1.00. The van der Waals surface area contributed by atoms with Gasteiger partial charge in [-0.1, -0.05) is 18.2 Å². The monoisotopic (exact) mass is 261 g/mol. The van der Waals surface area contributed by atoms with Gasteiger partial charge < -0.3 is 9.67 Å². The van der Waals surface area contributed by atoms with Crippen molar-refractivity contribution in [2.45, 2.75) is 43.5 Å². The van der Waals surface area contributed by atoms with Crippen LogP contribution in [0, 0.1) is 0 Å². The number of hydrogen-bond donors (Lipinski definition) is 1. The molecular formula is C10H16ClN3OS. The van der Waals surface area contributed by atoms with Gasteiger partial charge in [-0.05, 0) is 12.8 Å². The number of hydrogen-bond acceptors (Lipinski definition) is 4. The number of nitrogens with zero attached hydrogens (tertiary/aromatic N) is 3. The number of halogens is 1. The third kappa shape index (κ3) is 2.90. The fourth-order valence-corrected chi connectivity index (χ4v) is 2.93. The lowest BCUT2D eigenvalue weighted by Crippen LogP contribution is -2.12. The predicted octanol–water partition coefficient (Wildman–Crippen LogP) is 1.70. The average Bonchev–Trinajstić information content (AvgIpc) is 2.54. The van der Waals surface area contributed by atoms with Gasteiger partial charge >= 0.3 is 0 Å². The van der Waals surface area contributed by atoms with Crippen molar-refractivity contribution in [3.05, 3.63) is 5.82 Å². The van der Waals surface area contributed by atoms with E-state index in [1.807, 2.05) is 0 Å². The minimum atomic E-state index is -0.467. The molecule has 4 nitrogen and oxygen atoms in total. The van der Waals surface area contributed by atoms with Gasteiger partial charge in [0.2, 0.25) is 0 Å². The van der Waals surface area contributed by atoms with E-state index in [4.69, 9.17) is 11.6 Å². The first-order valence-electron chi connectivity index (χ1n) is 5.60. The summed E-state index contributed by atoms with van der Waals surface area (Å²) in [5.41, 5.74) is 0. The Hall–Kier alpha value is -0.260. The molecule has 16 heavy (non-hydrogen) atoms. The summed E-state index contributed by atoms with van der Waals surface area (Å²) in [5.74, 6) is 1.94. The zero-order valence-corrected chi connectivity index (χ0v) is 10.7. The van der Waals surface area contributed by atoms with Crippen molar-refractivity contribution in [2.75, 3.05) is 11.6 Å². The van der Waals surface area contributed by atoms with Crippen LogP contribution in [0.2, 0.25) is 0 Å². The first-order valence-corrected chi connectivity index (χ1v) is 7.12. The number of aliphatic hydroxyl groups is 1. The molecule has 0 radical (unpaired) electrons. The van der Waals surface area contributed by atoms with E-state index in [-0.39, 0.29) is 5.88 Å². The van der Waals surface area contributed by atoms with Crippen LogP contribution in [-0.2, 0) is 13.0 Å². The van der Waals surface area contributed by atoms with E-state index in [2.05, 4.69) is 14.8 Å². The predicted molar refractivity (Wildman–Crippen MR) is 65.0 cm³/mol. The molecule has 1 atom stereocenters. The van der Waals surface area contributed by atoms with E-state index in [0.717, 1.165) is 23.9 Å². The highest BCUT2D eigenvalue weighted by atomic mass is 35.5. The third-order valence-corrected chi connectivity index (χ3v) is 4.13. The van der Waals surface area contributed by atoms with Crippen molar-refractivity contribution in [1.82, 2.24) is 14.8 Å². The smallest absolute Gasteiger partial charge is 0.191 e. The van der Waals surface area contributed by atoms with Crippen LogP contribution in [0.25, 0.3) is 0 Å². The molecule has 1 unspecified atom stereocenters. The van der Waals surface area contributed by atoms with Crippen LogP contribution in [0.4, 0.5) is 0 Å². The van der Waals surface area contributed by atoms with Gasteiger partial charge in [0.15, 0.2) is 5.16 Å². The van der Waals surface area contributed by atoms with Gasteiger partial charge in [-0.25, -0.2) is 0 Å². The zero-order valence-electron chi connectivity index (χ0n) is 9.10. The number of thioether (sulfide) groups is 1. The molecule has 1 aromatic rings. The van der Waals surface area contributed by atoms with Gasteiger partial charge in [0, 0.05) is 24.6 Å². The molecule has 0 aromatic carbocycles. The maximum absolute atomic E-state index is 9.41. The Morgan fingerprint density at radius 2 is 2.25 bits per heavy atom. The fourth-order valence-electron chi connectivity index (χ4n) is 1.78. The van der Waals surface area contributed by atoms with Crippen LogP contribution in [0.1, 0.15) is 25.1 Å². The maximum Gasteiger partial charge on any atom is 0.191 e. The molecule has 0 amide bonds. The highest BCUT2D eigenvalue weighted by molar-refractivity contribution is 7.99. The topological polar surface area (TPSA) is 50.9 Å². The van der Waals surface area contributed by atoms with E-state index in [0.29, 0.717) is 5.75 Å². The average molecular weight is 262 g/mol. The molecule has 0 saturated carbocycles. The van der Waals surface area contributed by atoms with Crippen molar-refractivity contribution in [3.63, 3.8) is 0 Å². The number of fused-ring (bicyclic) bond motifs is 1. The lowest BCUT2D eigenvalue weighted by atomic mass is 10.2. The molecule has 0 aliphatic carbocycles. The Balaban J connectivity index is 2.01. The summed E-state index contributed by atoms with van der Waals surface area (Å²) in [6.07, 6.45) is 4.21. The van der Waals surface area contributed by atoms with Crippen LogP contribution in [0.3, 0.4) is 0 Å². The standard InChI is InChI=1S/C10H16ClN3OS/c11-6-8(15)7-16-10-13-12-9-4-2-1-3-5-14(9)10/h8,15H,1-7H2. The van der Waals surface area contributed by atoms with Crippen LogP contribution >= 0.6 is 23.4 Å². The summed E-state index contributed by atoms with van der Waals surface area (Å²) in [7, 11) is 0. The Morgan fingerprint density at radius 3 is 3.06 bits per heavy atom. The van der Waals surface area contributed by atoms with Crippen molar-refractivity contribution in [2.24, 2.45) is 0 Å². The van der Waals surface area contributed by atoms with Crippen molar-refractivity contribution in [3.8, 4) is 0 Å². The Morgan fingerprint density at radius 1 is 1.38 bits per heavy atom. The second-order valence-corrected chi connectivity index (χ2v) is 5.28. The van der Waals surface area contributed by atoms with Gasteiger partial charge in [0.05, 0.1) is 6.10 Å². The number of aryl methyl sites for hydroxylation is 1. The first-order chi connectivity index (χ1) is 7.81. The molecule has 1 aliphatic rings. The van der Waals surface area contributed by atoms with E-state index in [1.54, 1.807) is 0 Å². The summed E-state index contributed by atoms with van der Waals surface area (Å²) in [6, 6.07) is 0. The van der Waals surface area contributed by atoms with Crippen molar-refractivity contribution < 1.29 is 5.11 Å². The fraction of sp³-hybridized carbons (Fsp3) is 0.800. The van der Waals surface area contributed by atoms with E-state index < -0.39 is 6.10 Å². The van der Waals surface area contributed by atoms with Gasteiger partial charge in [-0.15, -0.1) is 21.8 Å². The molecule has 1 N–H and O–H groups in total. The quantitative estimate of drug-likeness (QED) is 0.662. The largest absolute Gasteiger partial charge is 0.391 e. The molecule has 1 aliphatic heterocycles. The number of aliphatic hydroxyl groups excluding tert-OH is 1. The molecule has 1 aromatic heterocycles. The van der Waals surface area contributed by atoms with E-state index in [1.165, 1.54) is 31.0 Å². The highest BCUT2D eigenvalue weighted by Crippen LogP contribution is 2.22. The van der Waals surface area contributed by atoms with Gasteiger partial charge in [-0.2, -0.15) is 0 Å². The second-order valence-electron chi connectivity index (χ2n) is 3.98. The lowest BCUT2D eigenvalue weighted by Gasteiger charge is -2.08. The van der Waals surface area contributed by atoms with Gasteiger partial charge in [-0.3, -0.25) is 0 Å². The molecule has 6 heteroatoms. The molecule has 2 heterocycles. The lowest BCUT2D eigenvalue weighted by molar-refractivity contribution is 0.223. The molecule has 2 rings (SSSR count). The Bertz CT molecular complexity index is 345. The highest BCUT2D eigenvalue weighted by Gasteiger charge is 2.15. The molecular weight excluding hydrogens is 246 g/mol. The molecule has 0 saturated heterocycles. The number of aromatic nitrogens is 3. The van der Waals surface area contributed by atoms with E-state index >= 15 is 0 Å². The molecule has 0 spiro atoms. The first kappa shape index (κ1) is 12.2. The van der Waals surface area contributed by atoms with E-state index in [9.17, 15) is 5.11 Å². The summed E-state index contributed by atoms with van der Waals surface area (Å²) in [5, 5.41) is 18.7. The van der Waals surface area contributed by atoms with Crippen molar-refractivity contribution >= 4 is 23.4 Å². The van der Waals surface area contributed by atoms with Crippen molar-refractivity contribution in [1.29, 1.82) is 0 Å². The van der Waals surface area contributed by atoms with Crippen LogP contribution in [0.5, 0.6) is 0 Å². The van der Waals surface area contributed by atoms with Gasteiger partial charge in [0.25, 0.3) is 0 Å². The number of rotatable bonds is 4. The van der Waals surface area contributed by atoms with Gasteiger partial charge in [0.1, 0.15) is 5.82 Å². The molecule has 90 valence electrons. The number of alkyl halides is 1. The molecule has 0 fully saturated rings. The zero-order chi connectivity index (χ0) is 11.4. The second kappa shape index (κ2) is 5.89. The Kier molecular flexibility index (Phi) is 4.49. The minimum absolute atomic E-state index is 0.272. The Labute approximate surface area is 104 Å². The normalized spacial score (nSPS) is 17.9.